The second-order valence-electron chi connectivity index (χ2n) is 2.92. The number of Topliss-reactive ketones (excluding diaryl/α,β-unsaturated/α-hetero) is 1. The van der Waals surface area contributed by atoms with Gasteiger partial charge in [-0.15, -0.1) is 0 Å². The maximum absolute atomic E-state index is 11.0. The SMILES string of the molecule is CC(=O)C1(CO)CCNC1. The van der Waals surface area contributed by atoms with Crippen LogP contribution in [-0.2, 0) is 4.79 Å². The van der Waals surface area contributed by atoms with Crippen LogP contribution >= 0.6 is 0 Å². The highest BCUT2D eigenvalue weighted by molar-refractivity contribution is 5.83. The predicted molar refractivity (Wildman–Crippen MR) is 37.7 cm³/mol. The summed E-state index contributed by atoms with van der Waals surface area (Å²) in [5, 5.41) is 12.0. The molecule has 0 aromatic carbocycles. The second-order valence-corrected chi connectivity index (χ2v) is 2.92. The molecule has 0 amide bonds. The highest BCUT2D eigenvalue weighted by Gasteiger charge is 2.37. The van der Waals surface area contributed by atoms with Gasteiger partial charge in [-0.3, -0.25) is 4.79 Å². The Kier molecular flexibility index (Phi) is 2.06. The molecule has 2 N–H and O–H groups in total. The molecule has 0 aliphatic carbocycles. The minimum atomic E-state index is -0.458. The van der Waals surface area contributed by atoms with Gasteiger partial charge in [-0.1, -0.05) is 0 Å². The smallest absolute Gasteiger partial charge is 0.139 e. The lowest BCUT2D eigenvalue weighted by molar-refractivity contribution is -0.127. The molecule has 3 heteroatoms. The molecule has 1 heterocycles. The van der Waals surface area contributed by atoms with E-state index in [4.69, 9.17) is 5.11 Å². The number of aliphatic hydroxyl groups excluding tert-OH is 1. The molecule has 1 rings (SSSR count). The van der Waals surface area contributed by atoms with Crippen LogP contribution in [0.3, 0.4) is 0 Å². The van der Waals surface area contributed by atoms with Gasteiger partial charge in [0.25, 0.3) is 0 Å². The van der Waals surface area contributed by atoms with Gasteiger partial charge in [-0.05, 0) is 19.9 Å². The minimum Gasteiger partial charge on any atom is -0.395 e. The standard InChI is InChI=1S/C7H13NO2/c1-6(10)7(5-9)2-3-8-4-7/h8-9H,2-5H2,1H3. The zero-order valence-electron chi connectivity index (χ0n) is 6.18. The molecule has 58 valence electrons. The number of nitrogens with one attached hydrogen (secondary N) is 1. The molecular formula is C7H13NO2. The zero-order chi connectivity index (χ0) is 7.61. The van der Waals surface area contributed by atoms with Gasteiger partial charge in [-0.25, -0.2) is 0 Å². The van der Waals surface area contributed by atoms with E-state index in [2.05, 4.69) is 5.32 Å². The summed E-state index contributed by atoms with van der Waals surface area (Å²) < 4.78 is 0. The molecule has 1 fully saturated rings. The van der Waals surface area contributed by atoms with E-state index < -0.39 is 5.41 Å². The van der Waals surface area contributed by atoms with Crippen LogP contribution in [0.15, 0.2) is 0 Å². The van der Waals surface area contributed by atoms with Gasteiger partial charge in [0.15, 0.2) is 0 Å². The van der Waals surface area contributed by atoms with Crippen molar-refractivity contribution in [2.45, 2.75) is 13.3 Å². The molecule has 1 saturated heterocycles. The quantitative estimate of drug-likeness (QED) is 0.550. The van der Waals surface area contributed by atoms with Crippen molar-refractivity contribution in [1.82, 2.24) is 5.32 Å². The first kappa shape index (κ1) is 7.69. The second kappa shape index (κ2) is 2.68. The van der Waals surface area contributed by atoms with E-state index in [1.807, 2.05) is 0 Å². The number of carbonyl (C=O) groups excluding carboxylic acids is 1. The molecule has 0 spiro atoms. The van der Waals surface area contributed by atoms with Crippen LogP contribution in [0.5, 0.6) is 0 Å². The number of hydrogen-bond donors (Lipinski definition) is 2. The Balaban J connectivity index is 2.67. The zero-order valence-corrected chi connectivity index (χ0v) is 6.18. The van der Waals surface area contributed by atoms with Gasteiger partial charge in [0, 0.05) is 6.54 Å². The Morgan fingerprint density at radius 1 is 1.80 bits per heavy atom. The lowest BCUT2D eigenvalue weighted by atomic mass is 9.84. The third-order valence-corrected chi connectivity index (χ3v) is 2.29. The van der Waals surface area contributed by atoms with Gasteiger partial charge in [0.1, 0.15) is 5.78 Å². The molecule has 0 saturated carbocycles. The summed E-state index contributed by atoms with van der Waals surface area (Å²) in [7, 11) is 0. The summed E-state index contributed by atoms with van der Waals surface area (Å²) in [5.74, 6) is 0.0972. The van der Waals surface area contributed by atoms with E-state index in [0.717, 1.165) is 13.0 Å². The highest BCUT2D eigenvalue weighted by atomic mass is 16.3. The van der Waals surface area contributed by atoms with Gasteiger partial charge in [-0.2, -0.15) is 0 Å². The Morgan fingerprint density at radius 2 is 2.50 bits per heavy atom. The molecular weight excluding hydrogens is 130 g/mol. The monoisotopic (exact) mass is 143 g/mol. The molecule has 1 aliphatic heterocycles. The summed E-state index contributed by atoms with van der Waals surface area (Å²) in [6.45, 7) is 3.01. The minimum absolute atomic E-state index is 0.0185. The Hall–Kier alpha value is -0.410. The van der Waals surface area contributed by atoms with E-state index in [-0.39, 0.29) is 12.4 Å². The van der Waals surface area contributed by atoms with Crippen molar-refractivity contribution >= 4 is 5.78 Å². The summed E-state index contributed by atoms with van der Waals surface area (Å²) >= 11 is 0. The number of hydrogen-bond acceptors (Lipinski definition) is 3. The summed E-state index contributed by atoms with van der Waals surface area (Å²) in [4.78, 5) is 11.0. The molecule has 1 unspecified atom stereocenters. The van der Waals surface area contributed by atoms with Crippen LogP contribution in [0.1, 0.15) is 13.3 Å². The summed E-state index contributed by atoms with van der Waals surface area (Å²) in [6, 6.07) is 0. The van der Waals surface area contributed by atoms with E-state index >= 15 is 0 Å². The Labute approximate surface area is 60.4 Å². The van der Waals surface area contributed by atoms with Crippen molar-refractivity contribution in [3.8, 4) is 0 Å². The van der Waals surface area contributed by atoms with Gasteiger partial charge >= 0.3 is 0 Å². The van der Waals surface area contributed by atoms with Crippen molar-refractivity contribution in [2.75, 3.05) is 19.7 Å². The maximum atomic E-state index is 11.0. The van der Waals surface area contributed by atoms with Crippen LogP contribution in [0.2, 0.25) is 0 Å². The van der Waals surface area contributed by atoms with Crippen LogP contribution in [0.4, 0.5) is 0 Å². The van der Waals surface area contributed by atoms with Crippen LogP contribution < -0.4 is 5.32 Å². The highest BCUT2D eigenvalue weighted by Crippen LogP contribution is 2.25. The predicted octanol–water partition coefficient (Wildman–Crippen LogP) is -0.453. The van der Waals surface area contributed by atoms with Gasteiger partial charge in [0.05, 0.1) is 12.0 Å². The average molecular weight is 143 g/mol. The van der Waals surface area contributed by atoms with E-state index in [0.29, 0.717) is 6.54 Å². The van der Waals surface area contributed by atoms with Crippen LogP contribution in [0.25, 0.3) is 0 Å². The summed E-state index contributed by atoms with van der Waals surface area (Å²) in [5.41, 5.74) is -0.458. The largest absolute Gasteiger partial charge is 0.395 e. The molecule has 3 nitrogen and oxygen atoms in total. The maximum Gasteiger partial charge on any atom is 0.139 e. The fraction of sp³-hybridized carbons (Fsp3) is 0.857. The number of rotatable bonds is 2. The van der Waals surface area contributed by atoms with E-state index in [1.165, 1.54) is 0 Å². The molecule has 0 bridgehead atoms. The van der Waals surface area contributed by atoms with Crippen molar-refractivity contribution in [2.24, 2.45) is 5.41 Å². The molecule has 0 radical (unpaired) electrons. The number of aliphatic hydroxyl groups is 1. The van der Waals surface area contributed by atoms with Crippen molar-refractivity contribution in [3.05, 3.63) is 0 Å². The molecule has 1 aliphatic rings. The van der Waals surface area contributed by atoms with Gasteiger partial charge in [0.2, 0.25) is 0 Å². The Morgan fingerprint density at radius 3 is 2.70 bits per heavy atom. The fourth-order valence-corrected chi connectivity index (χ4v) is 1.29. The van der Waals surface area contributed by atoms with E-state index in [9.17, 15) is 4.79 Å². The van der Waals surface area contributed by atoms with Crippen molar-refractivity contribution in [1.29, 1.82) is 0 Å². The van der Waals surface area contributed by atoms with Gasteiger partial charge < -0.3 is 10.4 Å². The molecule has 0 aromatic rings. The first-order valence-electron chi connectivity index (χ1n) is 3.54. The molecule has 10 heavy (non-hydrogen) atoms. The molecule has 1 atom stereocenters. The topological polar surface area (TPSA) is 49.3 Å². The Bertz CT molecular complexity index is 139. The van der Waals surface area contributed by atoms with Crippen molar-refractivity contribution < 1.29 is 9.90 Å². The lowest BCUT2D eigenvalue weighted by Crippen LogP contribution is -2.35. The first-order chi connectivity index (χ1) is 4.71. The van der Waals surface area contributed by atoms with E-state index in [1.54, 1.807) is 6.92 Å². The third kappa shape index (κ3) is 1.07. The molecule has 0 aromatic heterocycles. The fourth-order valence-electron chi connectivity index (χ4n) is 1.29. The average Bonchev–Trinajstić information content (AvgIpc) is 2.35. The number of ketones is 1. The third-order valence-electron chi connectivity index (χ3n) is 2.29. The van der Waals surface area contributed by atoms with Crippen LogP contribution in [0, 0.1) is 5.41 Å². The summed E-state index contributed by atoms with van der Waals surface area (Å²) in [6.07, 6.45) is 0.777. The van der Waals surface area contributed by atoms with Crippen LogP contribution in [-0.4, -0.2) is 30.6 Å². The normalized spacial score (nSPS) is 32.6. The number of carbonyl (C=O) groups is 1. The van der Waals surface area contributed by atoms with Crippen molar-refractivity contribution in [3.63, 3.8) is 0 Å². The first-order valence-corrected chi connectivity index (χ1v) is 3.54. The lowest BCUT2D eigenvalue weighted by Gasteiger charge is -2.20.